The molecule has 1 atom stereocenters. The van der Waals surface area contributed by atoms with E-state index in [1.54, 1.807) is 0 Å². The van der Waals surface area contributed by atoms with Crippen molar-refractivity contribution in [3.05, 3.63) is 0 Å². The molecule has 0 aliphatic carbocycles. The molecule has 0 bridgehead atoms. The van der Waals surface area contributed by atoms with Crippen LogP contribution in [-0.2, 0) is 0 Å². The molecule has 3 nitrogen and oxygen atoms in total. The van der Waals surface area contributed by atoms with Crippen molar-refractivity contribution in [3.63, 3.8) is 0 Å². The van der Waals surface area contributed by atoms with Gasteiger partial charge in [0.05, 0.1) is 6.54 Å². The lowest BCUT2D eigenvalue weighted by atomic mass is 9.92. The first-order chi connectivity index (χ1) is 7.95. The molecule has 0 aromatic rings. The molecule has 0 spiro atoms. The van der Waals surface area contributed by atoms with Crippen LogP contribution in [0.1, 0.15) is 20.8 Å². The summed E-state index contributed by atoms with van der Waals surface area (Å²) < 4.78 is 0. The number of thioether (sulfide) groups is 2. The molecule has 0 saturated carbocycles. The van der Waals surface area contributed by atoms with Crippen molar-refractivity contribution in [2.24, 2.45) is 16.1 Å². The normalized spacial score (nSPS) is 20.5. The van der Waals surface area contributed by atoms with E-state index in [0.29, 0.717) is 5.25 Å². The Morgan fingerprint density at radius 1 is 1.41 bits per heavy atom. The maximum absolute atomic E-state index is 6.05. The summed E-state index contributed by atoms with van der Waals surface area (Å²) in [6.07, 6.45) is 2.15. The first-order valence-corrected chi connectivity index (χ1v) is 8.55. The maximum atomic E-state index is 6.05. The Hall–Kier alpha value is -0.0300. The summed E-state index contributed by atoms with van der Waals surface area (Å²) in [7, 11) is 0. The lowest BCUT2D eigenvalue weighted by molar-refractivity contribution is 0.396. The fourth-order valence-electron chi connectivity index (χ4n) is 1.77. The fraction of sp³-hybridized carbons (Fsp3) is 0.917. The number of guanidine groups is 1. The van der Waals surface area contributed by atoms with E-state index in [9.17, 15) is 0 Å². The van der Waals surface area contributed by atoms with E-state index in [1.807, 2.05) is 23.5 Å². The smallest absolute Gasteiger partial charge is 0.191 e. The standard InChI is InChI=1S/C12H25N3S2/c1-12(2,3)10(16-4)9-14-11(13)15-5-7-17-8-6-15/h10H,5-9H2,1-4H3,(H2,13,14). The third kappa shape index (κ3) is 5.00. The Labute approximate surface area is 114 Å². The molecule has 1 unspecified atom stereocenters. The van der Waals surface area contributed by atoms with Crippen LogP contribution in [0, 0.1) is 5.41 Å². The van der Waals surface area contributed by atoms with Crippen LogP contribution in [0.15, 0.2) is 4.99 Å². The molecule has 1 fully saturated rings. The molecule has 100 valence electrons. The van der Waals surface area contributed by atoms with Crippen LogP contribution in [0.3, 0.4) is 0 Å². The zero-order valence-electron chi connectivity index (χ0n) is 11.4. The van der Waals surface area contributed by atoms with Gasteiger partial charge in [-0.3, -0.25) is 4.99 Å². The van der Waals surface area contributed by atoms with Gasteiger partial charge in [-0.1, -0.05) is 20.8 Å². The number of nitrogens with zero attached hydrogens (tertiary/aromatic N) is 2. The maximum Gasteiger partial charge on any atom is 0.191 e. The average molecular weight is 275 g/mol. The van der Waals surface area contributed by atoms with Crippen LogP contribution in [0.25, 0.3) is 0 Å². The number of aliphatic imine (C=N–C) groups is 1. The van der Waals surface area contributed by atoms with Gasteiger partial charge in [0, 0.05) is 29.8 Å². The van der Waals surface area contributed by atoms with E-state index >= 15 is 0 Å². The number of nitrogens with two attached hydrogens (primary N) is 1. The Kier molecular flexibility index (Phi) is 6.00. The van der Waals surface area contributed by atoms with Gasteiger partial charge in [0.15, 0.2) is 5.96 Å². The summed E-state index contributed by atoms with van der Waals surface area (Å²) in [6.45, 7) is 9.69. The molecule has 1 aliphatic heterocycles. The zero-order valence-corrected chi connectivity index (χ0v) is 13.0. The van der Waals surface area contributed by atoms with Crippen molar-refractivity contribution in [1.82, 2.24) is 4.90 Å². The summed E-state index contributed by atoms with van der Waals surface area (Å²) in [5, 5.41) is 0.528. The van der Waals surface area contributed by atoms with Gasteiger partial charge >= 0.3 is 0 Å². The second kappa shape index (κ2) is 6.78. The first-order valence-electron chi connectivity index (χ1n) is 6.10. The van der Waals surface area contributed by atoms with E-state index in [2.05, 4.69) is 36.9 Å². The van der Waals surface area contributed by atoms with Crippen molar-refractivity contribution in [2.45, 2.75) is 26.0 Å². The molecule has 1 saturated heterocycles. The molecule has 1 heterocycles. The molecule has 0 aromatic heterocycles. The summed E-state index contributed by atoms with van der Waals surface area (Å²) in [5.41, 5.74) is 6.33. The quantitative estimate of drug-likeness (QED) is 0.633. The van der Waals surface area contributed by atoms with E-state index in [0.717, 1.165) is 25.6 Å². The zero-order chi connectivity index (χ0) is 12.9. The van der Waals surface area contributed by atoms with Crippen LogP contribution >= 0.6 is 23.5 Å². The largest absolute Gasteiger partial charge is 0.370 e. The lowest BCUT2D eigenvalue weighted by Crippen LogP contribution is -2.43. The van der Waals surface area contributed by atoms with Gasteiger partial charge in [-0.25, -0.2) is 0 Å². The molecule has 0 radical (unpaired) electrons. The number of rotatable bonds is 3. The van der Waals surface area contributed by atoms with Crippen molar-refractivity contribution in [1.29, 1.82) is 0 Å². The van der Waals surface area contributed by atoms with Gasteiger partial charge in [0.1, 0.15) is 0 Å². The van der Waals surface area contributed by atoms with E-state index in [-0.39, 0.29) is 5.41 Å². The molecule has 1 rings (SSSR count). The average Bonchev–Trinajstić information content (AvgIpc) is 2.29. The van der Waals surface area contributed by atoms with Crippen LogP contribution in [0.5, 0.6) is 0 Å². The minimum atomic E-state index is 0.279. The highest BCUT2D eigenvalue weighted by Crippen LogP contribution is 2.28. The Morgan fingerprint density at radius 2 is 2.00 bits per heavy atom. The van der Waals surface area contributed by atoms with E-state index in [4.69, 9.17) is 5.73 Å². The molecule has 17 heavy (non-hydrogen) atoms. The summed E-state index contributed by atoms with van der Waals surface area (Å²) >= 11 is 3.87. The van der Waals surface area contributed by atoms with Crippen LogP contribution < -0.4 is 5.73 Å². The summed E-state index contributed by atoms with van der Waals surface area (Å²) in [4.78, 5) is 6.78. The van der Waals surface area contributed by atoms with Crippen molar-refractivity contribution in [2.75, 3.05) is 37.4 Å². The molecule has 0 aromatic carbocycles. The van der Waals surface area contributed by atoms with Crippen LogP contribution in [-0.4, -0.2) is 53.5 Å². The predicted molar refractivity (Wildman–Crippen MR) is 82.1 cm³/mol. The van der Waals surface area contributed by atoms with E-state index < -0.39 is 0 Å². The second-order valence-corrected chi connectivity index (χ2v) is 7.65. The molecular weight excluding hydrogens is 250 g/mol. The van der Waals surface area contributed by atoms with Crippen LogP contribution in [0.2, 0.25) is 0 Å². The lowest BCUT2D eigenvalue weighted by Gasteiger charge is -2.30. The van der Waals surface area contributed by atoms with Crippen molar-refractivity contribution >= 4 is 29.5 Å². The Morgan fingerprint density at radius 3 is 2.47 bits per heavy atom. The van der Waals surface area contributed by atoms with Gasteiger partial charge in [0.25, 0.3) is 0 Å². The van der Waals surface area contributed by atoms with Gasteiger partial charge < -0.3 is 10.6 Å². The first kappa shape index (κ1) is 15.0. The Balaban J connectivity index is 2.50. The number of hydrogen-bond donors (Lipinski definition) is 1. The van der Waals surface area contributed by atoms with Crippen molar-refractivity contribution in [3.8, 4) is 0 Å². The predicted octanol–water partition coefficient (Wildman–Crippen LogP) is 2.13. The molecule has 0 amide bonds. The third-order valence-electron chi connectivity index (χ3n) is 3.00. The molecule has 2 N–H and O–H groups in total. The topological polar surface area (TPSA) is 41.6 Å². The summed E-state index contributed by atoms with van der Waals surface area (Å²) in [6, 6.07) is 0. The SMILES string of the molecule is CSC(CN=C(N)N1CCSCC1)C(C)(C)C. The highest BCUT2D eigenvalue weighted by molar-refractivity contribution is 7.99. The number of hydrogen-bond acceptors (Lipinski definition) is 3. The van der Waals surface area contributed by atoms with Gasteiger partial charge in [0.2, 0.25) is 0 Å². The monoisotopic (exact) mass is 275 g/mol. The van der Waals surface area contributed by atoms with E-state index in [1.165, 1.54) is 11.5 Å². The fourth-order valence-corrected chi connectivity index (χ4v) is 3.60. The summed E-state index contributed by atoms with van der Waals surface area (Å²) in [5.74, 6) is 3.07. The van der Waals surface area contributed by atoms with Gasteiger partial charge in [-0.05, 0) is 11.7 Å². The highest BCUT2D eigenvalue weighted by Gasteiger charge is 2.23. The molecule has 5 heteroatoms. The minimum absolute atomic E-state index is 0.279. The van der Waals surface area contributed by atoms with Crippen molar-refractivity contribution < 1.29 is 0 Å². The third-order valence-corrected chi connectivity index (χ3v) is 5.37. The molecule has 1 aliphatic rings. The van der Waals surface area contributed by atoms with Crippen LogP contribution in [0.4, 0.5) is 0 Å². The second-order valence-electron chi connectivity index (χ2n) is 5.39. The minimum Gasteiger partial charge on any atom is -0.370 e. The Bertz CT molecular complexity index is 255. The highest BCUT2D eigenvalue weighted by atomic mass is 32.2. The molecular formula is C12H25N3S2. The van der Waals surface area contributed by atoms with Gasteiger partial charge in [-0.2, -0.15) is 23.5 Å². The van der Waals surface area contributed by atoms with Gasteiger partial charge in [-0.15, -0.1) is 0 Å².